The monoisotopic (exact) mass is 754 g/mol. The Morgan fingerprint density at radius 1 is 0.774 bits per heavy atom. The first-order valence-electron chi connectivity index (χ1n) is 20.0. The summed E-state index contributed by atoms with van der Waals surface area (Å²) < 4.78 is 37.3. The third kappa shape index (κ3) is 6.12. The van der Waals surface area contributed by atoms with Gasteiger partial charge < -0.3 is 69.3 Å². The summed E-state index contributed by atoms with van der Waals surface area (Å²) in [5.41, 5.74) is 0.834. The predicted octanol–water partition coefficient (Wildman–Crippen LogP) is 0.477. The van der Waals surface area contributed by atoms with Gasteiger partial charge in [0.2, 0.25) is 0 Å². The fraction of sp³-hybridized carbons (Fsp3) is 0.949. The van der Waals surface area contributed by atoms with Crippen molar-refractivity contribution in [1.82, 2.24) is 0 Å². The van der Waals surface area contributed by atoms with Crippen molar-refractivity contribution in [3.63, 3.8) is 0 Å². The number of ether oxygens (including phenoxy) is 6. The van der Waals surface area contributed by atoms with Crippen LogP contribution in [0.1, 0.15) is 85.5 Å². The van der Waals surface area contributed by atoms with Gasteiger partial charge in [-0.05, 0) is 92.8 Å². The van der Waals surface area contributed by atoms with Gasteiger partial charge in [0, 0.05) is 12.3 Å². The van der Waals surface area contributed by atoms with Crippen LogP contribution in [0.25, 0.3) is 0 Å². The van der Waals surface area contributed by atoms with Crippen LogP contribution in [0.3, 0.4) is 0 Å². The summed E-state index contributed by atoms with van der Waals surface area (Å²) in [5, 5.41) is 81.1. The van der Waals surface area contributed by atoms with Crippen LogP contribution in [-0.2, 0) is 28.4 Å². The fourth-order valence-corrected chi connectivity index (χ4v) is 12.7. The summed E-state index contributed by atoms with van der Waals surface area (Å²) >= 11 is 0. The molecule has 4 heterocycles. The van der Waals surface area contributed by atoms with E-state index in [4.69, 9.17) is 28.4 Å². The van der Waals surface area contributed by atoms with E-state index in [1.54, 1.807) is 0 Å². The molecule has 21 unspecified atom stereocenters. The van der Waals surface area contributed by atoms with Crippen LogP contribution >= 0.6 is 0 Å². The first kappa shape index (κ1) is 39.0. The average Bonchev–Trinajstić information content (AvgIpc) is 3.73. The molecule has 14 heteroatoms. The molecule has 4 saturated heterocycles. The van der Waals surface area contributed by atoms with Crippen molar-refractivity contribution in [2.45, 2.75) is 170 Å². The van der Waals surface area contributed by atoms with Crippen molar-refractivity contribution in [3.8, 4) is 0 Å². The van der Waals surface area contributed by atoms with E-state index in [0.717, 1.165) is 51.4 Å². The first-order chi connectivity index (χ1) is 25.1. The number of aliphatic hydroxyl groups excluding tert-OH is 8. The predicted molar refractivity (Wildman–Crippen MR) is 184 cm³/mol. The maximum atomic E-state index is 10.6. The molecule has 8 aliphatic rings. The van der Waals surface area contributed by atoms with Crippen LogP contribution in [0.2, 0.25) is 0 Å². The highest BCUT2D eigenvalue weighted by molar-refractivity contribution is 5.26. The van der Waals surface area contributed by atoms with Gasteiger partial charge in [-0.25, -0.2) is 0 Å². The highest BCUT2D eigenvalue weighted by Crippen LogP contribution is 2.71. The molecular weight excluding hydrogens is 692 g/mol. The highest BCUT2D eigenvalue weighted by atomic mass is 16.7. The summed E-state index contributed by atoms with van der Waals surface area (Å²) in [6, 6.07) is 0. The minimum Gasteiger partial charge on any atom is -0.394 e. The normalized spacial score (nSPS) is 57.8. The summed E-state index contributed by atoms with van der Waals surface area (Å²) in [7, 11) is 0. The van der Waals surface area contributed by atoms with Crippen molar-refractivity contribution in [2.75, 3.05) is 19.8 Å². The van der Waals surface area contributed by atoms with Gasteiger partial charge in [0.1, 0.15) is 48.8 Å². The van der Waals surface area contributed by atoms with E-state index in [1.165, 1.54) is 5.57 Å². The minimum absolute atomic E-state index is 0.0439. The molecule has 21 atom stereocenters. The second-order valence-electron chi connectivity index (χ2n) is 18.6. The Balaban J connectivity index is 0.911. The van der Waals surface area contributed by atoms with Gasteiger partial charge in [0.05, 0.1) is 37.6 Å². The second kappa shape index (κ2) is 13.9. The number of fused-ring (bicyclic) bond motifs is 7. The zero-order valence-electron chi connectivity index (χ0n) is 31.4. The number of rotatable bonds is 7. The smallest absolute Gasteiger partial charge is 0.186 e. The summed E-state index contributed by atoms with van der Waals surface area (Å²) in [4.78, 5) is 0. The molecule has 8 N–H and O–H groups in total. The molecular formula is C39H62O14. The Bertz CT molecular complexity index is 1380. The maximum Gasteiger partial charge on any atom is 0.186 e. The lowest BCUT2D eigenvalue weighted by atomic mass is 9.47. The zero-order chi connectivity index (χ0) is 37.8. The Hall–Kier alpha value is -0.820. The van der Waals surface area contributed by atoms with E-state index in [2.05, 4.69) is 26.8 Å². The molecule has 7 fully saturated rings. The van der Waals surface area contributed by atoms with E-state index in [-0.39, 0.29) is 35.6 Å². The van der Waals surface area contributed by atoms with Gasteiger partial charge in [-0.2, -0.15) is 0 Å². The van der Waals surface area contributed by atoms with Crippen molar-refractivity contribution in [3.05, 3.63) is 11.6 Å². The minimum atomic E-state index is -1.50. The largest absolute Gasteiger partial charge is 0.394 e. The summed E-state index contributed by atoms with van der Waals surface area (Å²) in [6.07, 6.45) is -2.57. The van der Waals surface area contributed by atoms with Gasteiger partial charge in [-0.3, -0.25) is 0 Å². The van der Waals surface area contributed by atoms with Gasteiger partial charge in [-0.15, -0.1) is 0 Å². The molecule has 3 saturated carbocycles. The standard InChI is InChI=1S/C39H62O14/c1-18-27-24(52-39(18)12-11-36(2,53-39)17-48-34-32(46)30(44)28(42)25(15-40)50-34)14-23-21-6-5-19-13-20(7-9-37(19,3)22(21)8-10-38(23,27)4)49-35-33(47)31(45)29(43)26(16-41)51-35/h5,18,20-35,40-47H,6-17H2,1-4H3. The fourth-order valence-electron chi connectivity index (χ4n) is 12.7. The lowest BCUT2D eigenvalue weighted by molar-refractivity contribution is -0.318. The Morgan fingerprint density at radius 3 is 2.11 bits per heavy atom. The number of hydrogen-bond donors (Lipinski definition) is 8. The number of allylic oxidation sites excluding steroid dienone is 1. The lowest BCUT2D eigenvalue weighted by Gasteiger charge is -2.58. The van der Waals surface area contributed by atoms with E-state index < -0.39 is 86.0 Å². The van der Waals surface area contributed by atoms with E-state index in [0.29, 0.717) is 30.1 Å². The van der Waals surface area contributed by atoms with Crippen LogP contribution in [0, 0.1) is 40.4 Å². The molecule has 8 rings (SSSR count). The average molecular weight is 755 g/mol. The first-order valence-corrected chi connectivity index (χ1v) is 20.0. The van der Waals surface area contributed by atoms with E-state index in [1.807, 2.05) is 6.92 Å². The summed E-state index contributed by atoms with van der Waals surface area (Å²) in [6.45, 7) is 8.26. The molecule has 0 amide bonds. The van der Waals surface area contributed by atoms with E-state index in [9.17, 15) is 40.9 Å². The van der Waals surface area contributed by atoms with Crippen LogP contribution in [0.5, 0.6) is 0 Å². The van der Waals surface area contributed by atoms with Crippen molar-refractivity contribution >= 4 is 0 Å². The molecule has 0 aromatic heterocycles. The van der Waals surface area contributed by atoms with Crippen LogP contribution in [0.4, 0.5) is 0 Å². The maximum absolute atomic E-state index is 10.6. The topological polar surface area (TPSA) is 217 Å². The lowest BCUT2D eigenvalue weighted by Crippen LogP contribution is -2.60. The van der Waals surface area contributed by atoms with Crippen molar-refractivity contribution < 1.29 is 69.3 Å². The van der Waals surface area contributed by atoms with Gasteiger partial charge in [0.15, 0.2) is 18.4 Å². The molecule has 0 bridgehead atoms. The molecule has 14 nitrogen and oxygen atoms in total. The van der Waals surface area contributed by atoms with Crippen molar-refractivity contribution in [2.24, 2.45) is 40.4 Å². The SMILES string of the molecule is CC1C2C(CC3C4CC=C5CC(OC6OC(CO)C(O)C(O)C6O)CCC5(C)C4CCC32C)OC12CCC(C)(COC1OC(CO)C(O)C(O)C1O)O2. The molecule has 4 aliphatic heterocycles. The van der Waals surface area contributed by atoms with Gasteiger partial charge >= 0.3 is 0 Å². The molecule has 0 aromatic carbocycles. The third-order valence-electron chi connectivity index (χ3n) is 15.7. The molecule has 302 valence electrons. The molecule has 1 spiro atoms. The Labute approximate surface area is 311 Å². The van der Waals surface area contributed by atoms with Crippen LogP contribution in [0.15, 0.2) is 11.6 Å². The van der Waals surface area contributed by atoms with E-state index >= 15 is 0 Å². The van der Waals surface area contributed by atoms with Gasteiger partial charge in [0.25, 0.3) is 0 Å². The molecule has 53 heavy (non-hydrogen) atoms. The molecule has 4 aliphatic carbocycles. The second-order valence-corrected chi connectivity index (χ2v) is 18.6. The van der Waals surface area contributed by atoms with Crippen LogP contribution < -0.4 is 0 Å². The molecule has 0 radical (unpaired) electrons. The Kier molecular flexibility index (Phi) is 10.3. The van der Waals surface area contributed by atoms with Crippen molar-refractivity contribution in [1.29, 1.82) is 0 Å². The highest BCUT2D eigenvalue weighted by Gasteiger charge is 2.70. The molecule has 0 aromatic rings. The number of hydrogen-bond acceptors (Lipinski definition) is 14. The quantitative estimate of drug-likeness (QED) is 0.166. The summed E-state index contributed by atoms with van der Waals surface area (Å²) in [5.74, 6) is 1.39. The third-order valence-corrected chi connectivity index (χ3v) is 15.7. The van der Waals surface area contributed by atoms with Gasteiger partial charge in [-0.1, -0.05) is 32.4 Å². The number of aliphatic hydroxyl groups is 8. The Morgan fingerprint density at radius 2 is 1.43 bits per heavy atom. The van der Waals surface area contributed by atoms with Crippen LogP contribution in [-0.4, -0.2) is 146 Å². The zero-order valence-corrected chi connectivity index (χ0v) is 31.4.